The lowest BCUT2D eigenvalue weighted by atomic mass is 10.1. The zero-order chi connectivity index (χ0) is 21.8. The van der Waals surface area contributed by atoms with E-state index in [0.29, 0.717) is 12.3 Å². The van der Waals surface area contributed by atoms with Crippen LogP contribution in [0.1, 0.15) is 22.3 Å². The third-order valence-corrected chi connectivity index (χ3v) is 6.43. The van der Waals surface area contributed by atoms with E-state index in [-0.39, 0.29) is 5.91 Å². The van der Waals surface area contributed by atoms with E-state index in [1.165, 1.54) is 28.5 Å². The van der Waals surface area contributed by atoms with E-state index in [4.69, 9.17) is 4.98 Å². The second kappa shape index (κ2) is 9.40. The summed E-state index contributed by atoms with van der Waals surface area (Å²) in [6.07, 6.45) is 0. The van der Waals surface area contributed by atoms with Crippen molar-refractivity contribution < 1.29 is 4.79 Å². The molecule has 0 atom stereocenters. The van der Waals surface area contributed by atoms with Crippen molar-refractivity contribution in [2.75, 3.05) is 12.8 Å². The number of aromatic nitrogens is 2. The van der Waals surface area contributed by atoms with E-state index in [1.807, 2.05) is 55.6 Å². The molecule has 0 aliphatic rings. The van der Waals surface area contributed by atoms with Crippen LogP contribution in [-0.4, -0.2) is 33.2 Å². The Balaban J connectivity index is 1.54. The average molecular weight is 430 g/mol. The molecule has 31 heavy (non-hydrogen) atoms. The van der Waals surface area contributed by atoms with Crippen LogP contribution in [0.2, 0.25) is 0 Å². The summed E-state index contributed by atoms with van der Waals surface area (Å²) in [7, 11) is 1.86. The van der Waals surface area contributed by atoms with Crippen LogP contribution in [0.5, 0.6) is 0 Å². The van der Waals surface area contributed by atoms with E-state index in [2.05, 4.69) is 42.7 Å². The van der Waals surface area contributed by atoms with E-state index in [9.17, 15) is 4.79 Å². The molecule has 0 spiro atoms. The van der Waals surface area contributed by atoms with Crippen LogP contribution < -0.4 is 0 Å². The van der Waals surface area contributed by atoms with Crippen LogP contribution >= 0.6 is 11.8 Å². The third-order valence-electron chi connectivity index (χ3n) is 5.47. The summed E-state index contributed by atoms with van der Waals surface area (Å²) in [4.78, 5) is 19.4. The van der Waals surface area contributed by atoms with Gasteiger partial charge < -0.3 is 9.47 Å². The van der Waals surface area contributed by atoms with Crippen LogP contribution in [0.15, 0.2) is 78.0 Å². The van der Waals surface area contributed by atoms with Crippen molar-refractivity contribution in [2.45, 2.75) is 32.1 Å². The molecule has 1 heterocycles. The lowest BCUT2D eigenvalue weighted by molar-refractivity contribution is -0.127. The molecule has 0 saturated heterocycles. The quantitative estimate of drug-likeness (QED) is 0.367. The number of amides is 1. The molecule has 0 aliphatic heterocycles. The maximum atomic E-state index is 12.8. The molecule has 1 aromatic heterocycles. The predicted octanol–water partition coefficient (Wildman–Crippen LogP) is 5.45. The maximum Gasteiger partial charge on any atom is 0.233 e. The Morgan fingerprint density at radius 2 is 1.74 bits per heavy atom. The van der Waals surface area contributed by atoms with Gasteiger partial charge in [-0.15, -0.1) is 0 Å². The Labute approximate surface area is 187 Å². The highest BCUT2D eigenvalue weighted by molar-refractivity contribution is 7.99. The summed E-state index contributed by atoms with van der Waals surface area (Å²) in [5, 5.41) is 0.878. The van der Waals surface area contributed by atoms with Crippen molar-refractivity contribution in [3.8, 4) is 0 Å². The first kappa shape index (κ1) is 21.2. The first-order chi connectivity index (χ1) is 15.0. The number of thioether (sulfide) groups is 1. The molecular weight excluding hydrogens is 402 g/mol. The molecule has 0 unspecified atom stereocenters. The monoisotopic (exact) mass is 429 g/mol. The van der Waals surface area contributed by atoms with Crippen molar-refractivity contribution in [3.05, 3.63) is 95.1 Å². The Kier molecular flexibility index (Phi) is 6.42. The number of rotatable bonds is 7. The highest BCUT2D eigenvalue weighted by atomic mass is 32.2. The number of para-hydroxylation sites is 2. The van der Waals surface area contributed by atoms with E-state index >= 15 is 0 Å². The smallest absolute Gasteiger partial charge is 0.233 e. The lowest BCUT2D eigenvalue weighted by Gasteiger charge is -2.17. The number of carbonyl (C=O) groups excluding carboxylic acids is 1. The van der Waals surface area contributed by atoms with Gasteiger partial charge in [0, 0.05) is 13.6 Å². The summed E-state index contributed by atoms with van der Waals surface area (Å²) in [5.41, 5.74) is 6.97. The number of nitrogens with zero attached hydrogens (tertiary/aromatic N) is 3. The van der Waals surface area contributed by atoms with Gasteiger partial charge in [-0.2, -0.15) is 0 Å². The highest BCUT2D eigenvalue weighted by Crippen LogP contribution is 2.26. The van der Waals surface area contributed by atoms with Gasteiger partial charge >= 0.3 is 0 Å². The molecular formula is C26H27N3OS. The summed E-state index contributed by atoms with van der Waals surface area (Å²) in [6.45, 7) is 5.61. The van der Waals surface area contributed by atoms with Gasteiger partial charge in [0.05, 0.1) is 23.3 Å². The molecule has 4 aromatic rings. The number of fused-ring (bicyclic) bond motifs is 1. The van der Waals surface area contributed by atoms with Gasteiger partial charge in [-0.3, -0.25) is 4.79 Å². The van der Waals surface area contributed by atoms with Crippen molar-refractivity contribution in [1.29, 1.82) is 0 Å². The Hall–Kier alpha value is -3.05. The van der Waals surface area contributed by atoms with Crippen molar-refractivity contribution in [1.82, 2.24) is 14.5 Å². The highest BCUT2D eigenvalue weighted by Gasteiger charge is 2.16. The summed E-state index contributed by atoms with van der Waals surface area (Å²) >= 11 is 1.51. The van der Waals surface area contributed by atoms with Crippen LogP contribution in [0.4, 0.5) is 0 Å². The van der Waals surface area contributed by atoms with Crippen molar-refractivity contribution >= 4 is 28.7 Å². The molecule has 5 heteroatoms. The molecule has 3 aromatic carbocycles. The second-order valence-corrected chi connectivity index (χ2v) is 8.87. The van der Waals surface area contributed by atoms with Crippen LogP contribution in [-0.2, 0) is 17.9 Å². The van der Waals surface area contributed by atoms with Crippen LogP contribution in [0.3, 0.4) is 0 Å². The Bertz CT molecular complexity index is 1200. The number of carbonyl (C=O) groups is 1. The van der Waals surface area contributed by atoms with Gasteiger partial charge in [0.2, 0.25) is 5.91 Å². The second-order valence-electron chi connectivity index (χ2n) is 7.92. The number of benzene rings is 3. The van der Waals surface area contributed by atoms with Crippen molar-refractivity contribution in [2.24, 2.45) is 0 Å². The average Bonchev–Trinajstić information content (AvgIpc) is 3.12. The van der Waals surface area contributed by atoms with Crippen LogP contribution in [0, 0.1) is 13.8 Å². The Morgan fingerprint density at radius 1 is 1.00 bits per heavy atom. The summed E-state index contributed by atoms with van der Waals surface area (Å²) < 4.78 is 2.23. The van der Waals surface area contributed by atoms with Gasteiger partial charge in [0.1, 0.15) is 0 Å². The molecule has 0 radical (unpaired) electrons. The van der Waals surface area contributed by atoms with E-state index in [0.717, 1.165) is 28.3 Å². The fourth-order valence-electron chi connectivity index (χ4n) is 3.64. The molecule has 0 bridgehead atoms. The normalized spacial score (nSPS) is 11.1. The molecule has 0 N–H and O–H groups in total. The molecule has 4 nitrogen and oxygen atoms in total. The van der Waals surface area contributed by atoms with E-state index in [1.54, 1.807) is 4.90 Å². The molecule has 0 aliphatic carbocycles. The topological polar surface area (TPSA) is 38.1 Å². The molecule has 0 saturated carbocycles. The Morgan fingerprint density at radius 3 is 2.55 bits per heavy atom. The maximum absolute atomic E-state index is 12.8. The number of hydrogen-bond donors (Lipinski definition) is 0. The standard InChI is InChI=1S/C26H27N3OS/c1-19-13-14-20(2)22(15-19)17-29-24-12-8-7-11-23(24)27-26(29)31-18-25(30)28(3)16-21-9-5-4-6-10-21/h4-15H,16-18H2,1-3H3. The summed E-state index contributed by atoms with van der Waals surface area (Å²) in [6, 6.07) is 24.8. The van der Waals surface area contributed by atoms with Gasteiger partial charge in [0.15, 0.2) is 5.16 Å². The predicted molar refractivity (Wildman–Crippen MR) is 128 cm³/mol. The first-order valence-electron chi connectivity index (χ1n) is 10.4. The van der Waals surface area contributed by atoms with Gasteiger partial charge in [-0.05, 0) is 42.7 Å². The van der Waals surface area contributed by atoms with Gasteiger partial charge in [0.25, 0.3) is 0 Å². The minimum absolute atomic E-state index is 0.0965. The molecule has 0 fully saturated rings. The van der Waals surface area contributed by atoms with Gasteiger partial charge in [-0.1, -0.05) is 78.0 Å². The lowest BCUT2D eigenvalue weighted by Crippen LogP contribution is -2.27. The summed E-state index contributed by atoms with van der Waals surface area (Å²) in [5.74, 6) is 0.457. The zero-order valence-corrected chi connectivity index (χ0v) is 19.0. The molecule has 158 valence electrons. The van der Waals surface area contributed by atoms with Crippen molar-refractivity contribution in [3.63, 3.8) is 0 Å². The fourth-order valence-corrected chi connectivity index (χ4v) is 4.59. The molecule has 1 amide bonds. The number of aryl methyl sites for hydroxylation is 2. The van der Waals surface area contributed by atoms with E-state index < -0.39 is 0 Å². The minimum Gasteiger partial charge on any atom is -0.341 e. The SMILES string of the molecule is Cc1ccc(C)c(Cn2c(SCC(=O)N(C)Cc3ccccc3)nc3ccccc32)c1. The zero-order valence-electron chi connectivity index (χ0n) is 18.2. The minimum atomic E-state index is 0.0965. The largest absolute Gasteiger partial charge is 0.341 e. The first-order valence-corrected chi connectivity index (χ1v) is 11.4. The van der Waals surface area contributed by atoms with Gasteiger partial charge in [-0.25, -0.2) is 4.98 Å². The molecule has 4 rings (SSSR count). The van der Waals surface area contributed by atoms with Crippen LogP contribution in [0.25, 0.3) is 11.0 Å². The fraction of sp³-hybridized carbons (Fsp3) is 0.231. The third kappa shape index (κ3) is 5.00. The number of imidazole rings is 1. The number of hydrogen-bond acceptors (Lipinski definition) is 3.